The van der Waals surface area contributed by atoms with E-state index in [1.807, 2.05) is 60.8 Å². The molecule has 0 spiro atoms. The van der Waals surface area contributed by atoms with Crippen molar-refractivity contribution in [2.24, 2.45) is 5.10 Å². The normalized spacial score (nSPS) is 11.5. The van der Waals surface area contributed by atoms with E-state index in [0.29, 0.717) is 0 Å². The molecule has 2 aromatic heterocycles. The molecule has 0 aliphatic rings. The van der Waals surface area contributed by atoms with E-state index in [1.165, 1.54) is 0 Å². The van der Waals surface area contributed by atoms with E-state index < -0.39 is 0 Å². The van der Waals surface area contributed by atoms with Gasteiger partial charge < -0.3 is 9.97 Å². The summed E-state index contributed by atoms with van der Waals surface area (Å²) in [4.78, 5) is 18.5. The summed E-state index contributed by atoms with van der Waals surface area (Å²) < 4.78 is 0. The Morgan fingerprint density at radius 2 is 1.88 bits per heavy atom. The second-order valence-corrected chi connectivity index (χ2v) is 5.64. The molecule has 0 aliphatic carbocycles. The first-order valence-electron chi connectivity index (χ1n) is 7.74. The topological polar surface area (TPSA) is 73.0 Å². The Balaban J connectivity index is 1.42. The third kappa shape index (κ3) is 2.79. The molecule has 3 N–H and O–H groups in total. The molecule has 24 heavy (non-hydrogen) atoms. The van der Waals surface area contributed by atoms with Crippen LogP contribution in [0.5, 0.6) is 0 Å². The molecule has 4 aromatic rings. The molecule has 2 heterocycles. The van der Waals surface area contributed by atoms with Gasteiger partial charge in [0.2, 0.25) is 5.91 Å². The number of hydrazone groups is 1. The van der Waals surface area contributed by atoms with Gasteiger partial charge in [0, 0.05) is 28.0 Å². The molecule has 0 bridgehead atoms. The van der Waals surface area contributed by atoms with Crippen molar-refractivity contribution in [2.75, 3.05) is 0 Å². The van der Waals surface area contributed by atoms with Gasteiger partial charge in [0.15, 0.2) is 0 Å². The van der Waals surface area contributed by atoms with E-state index in [-0.39, 0.29) is 12.3 Å². The Hall–Kier alpha value is -3.34. The van der Waals surface area contributed by atoms with Crippen LogP contribution in [0, 0.1) is 0 Å². The summed E-state index contributed by atoms with van der Waals surface area (Å²) in [6.07, 6.45) is 3.77. The molecule has 0 aliphatic heterocycles. The molecule has 118 valence electrons. The van der Waals surface area contributed by atoms with Crippen molar-refractivity contribution in [1.82, 2.24) is 15.4 Å². The molecule has 5 heteroatoms. The van der Waals surface area contributed by atoms with Gasteiger partial charge in [-0.25, -0.2) is 5.43 Å². The number of H-pyrrole nitrogens is 2. The van der Waals surface area contributed by atoms with Crippen LogP contribution in [0.25, 0.3) is 21.8 Å². The first-order chi connectivity index (χ1) is 11.8. The highest BCUT2D eigenvalue weighted by atomic mass is 16.2. The lowest BCUT2D eigenvalue weighted by molar-refractivity contribution is -0.120. The fourth-order valence-electron chi connectivity index (χ4n) is 2.83. The number of nitrogens with zero attached hydrogens (tertiary/aromatic N) is 1. The molecule has 1 amide bonds. The van der Waals surface area contributed by atoms with E-state index in [0.717, 1.165) is 33.1 Å². The zero-order valence-electron chi connectivity index (χ0n) is 12.9. The number of para-hydroxylation sites is 2. The number of hydrogen-bond donors (Lipinski definition) is 3. The minimum Gasteiger partial charge on any atom is -0.361 e. The number of carbonyl (C=O) groups excluding carboxylic acids is 1. The van der Waals surface area contributed by atoms with Crippen LogP contribution in [-0.4, -0.2) is 22.1 Å². The number of carbonyl (C=O) groups is 1. The van der Waals surface area contributed by atoms with Gasteiger partial charge in [0.25, 0.3) is 0 Å². The molecular formula is C19H16N4O. The van der Waals surface area contributed by atoms with Crippen molar-refractivity contribution in [3.05, 3.63) is 72.1 Å². The maximum atomic E-state index is 12.1. The Bertz CT molecular complexity index is 1010. The van der Waals surface area contributed by atoms with Crippen LogP contribution < -0.4 is 5.43 Å². The van der Waals surface area contributed by atoms with Crippen molar-refractivity contribution in [3.8, 4) is 0 Å². The lowest BCUT2D eigenvalue weighted by Crippen LogP contribution is -2.19. The third-order valence-corrected chi connectivity index (χ3v) is 3.97. The second-order valence-electron chi connectivity index (χ2n) is 5.64. The van der Waals surface area contributed by atoms with E-state index in [4.69, 9.17) is 0 Å². The summed E-state index contributed by atoms with van der Waals surface area (Å²) in [7, 11) is 0. The number of fused-ring (bicyclic) bond motifs is 2. The predicted molar refractivity (Wildman–Crippen MR) is 96.0 cm³/mol. The standard InChI is InChI=1S/C19H16N4O/c24-19(10-14-11-20-18-8-4-2-6-16(14)18)23-21-12-15-9-13-5-1-3-7-17(13)22-15/h1-9,11-12,20,22H,10H2,(H,23,24)/b21-12-. The predicted octanol–water partition coefficient (Wildman–Crippen LogP) is 3.34. The van der Waals surface area contributed by atoms with Crippen molar-refractivity contribution in [2.45, 2.75) is 6.42 Å². The summed E-state index contributed by atoms with van der Waals surface area (Å²) in [5.41, 5.74) is 6.46. The average Bonchev–Trinajstić information content (AvgIpc) is 3.19. The van der Waals surface area contributed by atoms with Gasteiger partial charge in [-0.3, -0.25) is 4.79 Å². The molecule has 4 rings (SSSR count). The van der Waals surface area contributed by atoms with Gasteiger partial charge in [-0.05, 0) is 23.8 Å². The lowest BCUT2D eigenvalue weighted by Gasteiger charge is -1.98. The van der Waals surface area contributed by atoms with E-state index in [9.17, 15) is 4.79 Å². The lowest BCUT2D eigenvalue weighted by atomic mass is 10.1. The smallest absolute Gasteiger partial charge is 0.244 e. The minimum atomic E-state index is -0.146. The SMILES string of the molecule is O=C(Cc1c[nH]c2ccccc12)N/N=C\c1cc2ccccc2[nH]1. The molecule has 0 fully saturated rings. The Labute approximate surface area is 138 Å². The highest BCUT2D eigenvalue weighted by Crippen LogP contribution is 2.18. The van der Waals surface area contributed by atoms with Gasteiger partial charge >= 0.3 is 0 Å². The van der Waals surface area contributed by atoms with Crippen LogP contribution in [0.2, 0.25) is 0 Å². The number of hydrogen-bond acceptors (Lipinski definition) is 2. The number of aromatic nitrogens is 2. The molecule has 0 radical (unpaired) electrons. The zero-order chi connectivity index (χ0) is 16.4. The van der Waals surface area contributed by atoms with Gasteiger partial charge in [0.05, 0.1) is 18.3 Å². The summed E-state index contributed by atoms with van der Waals surface area (Å²) in [5.74, 6) is -0.146. The van der Waals surface area contributed by atoms with Crippen molar-refractivity contribution in [3.63, 3.8) is 0 Å². The van der Waals surface area contributed by atoms with Crippen LogP contribution >= 0.6 is 0 Å². The van der Waals surface area contributed by atoms with Crippen LogP contribution in [0.1, 0.15) is 11.3 Å². The maximum Gasteiger partial charge on any atom is 0.244 e. The Kier molecular flexibility index (Phi) is 3.59. The molecule has 0 saturated heterocycles. The fourth-order valence-corrected chi connectivity index (χ4v) is 2.83. The second kappa shape index (κ2) is 6.04. The number of rotatable bonds is 4. The van der Waals surface area contributed by atoms with E-state index in [2.05, 4.69) is 20.5 Å². The third-order valence-electron chi connectivity index (χ3n) is 3.97. The van der Waals surface area contributed by atoms with Crippen LogP contribution in [0.4, 0.5) is 0 Å². The number of benzene rings is 2. The van der Waals surface area contributed by atoms with Gasteiger partial charge in [-0.1, -0.05) is 36.4 Å². The summed E-state index contributed by atoms with van der Waals surface area (Å²) in [6.45, 7) is 0. The van der Waals surface area contributed by atoms with Crippen LogP contribution in [0.3, 0.4) is 0 Å². The highest BCUT2D eigenvalue weighted by Gasteiger charge is 2.07. The summed E-state index contributed by atoms with van der Waals surface area (Å²) in [6, 6.07) is 17.9. The fraction of sp³-hybridized carbons (Fsp3) is 0.0526. The molecular weight excluding hydrogens is 300 g/mol. The summed E-state index contributed by atoms with van der Waals surface area (Å²) in [5, 5.41) is 6.21. The zero-order valence-corrected chi connectivity index (χ0v) is 12.9. The van der Waals surface area contributed by atoms with Gasteiger partial charge in [-0.15, -0.1) is 0 Å². The van der Waals surface area contributed by atoms with Crippen LogP contribution in [0.15, 0.2) is 65.9 Å². The molecule has 0 saturated carbocycles. The van der Waals surface area contributed by atoms with Gasteiger partial charge in [-0.2, -0.15) is 5.10 Å². The number of amides is 1. The van der Waals surface area contributed by atoms with Crippen molar-refractivity contribution in [1.29, 1.82) is 0 Å². The van der Waals surface area contributed by atoms with E-state index >= 15 is 0 Å². The summed E-state index contributed by atoms with van der Waals surface area (Å²) >= 11 is 0. The largest absolute Gasteiger partial charge is 0.361 e. The Morgan fingerprint density at radius 3 is 2.75 bits per heavy atom. The number of nitrogens with one attached hydrogen (secondary N) is 3. The van der Waals surface area contributed by atoms with Crippen LogP contribution in [-0.2, 0) is 11.2 Å². The maximum absolute atomic E-state index is 12.1. The molecule has 0 unspecified atom stereocenters. The molecule has 5 nitrogen and oxygen atoms in total. The first kappa shape index (κ1) is 14.3. The van der Waals surface area contributed by atoms with Crippen molar-refractivity contribution >= 4 is 33.9 Å². The monoisotopic (exact) mass is 316 g/mol. The molecule has 0 atom stereocenters. The highest BCUT2D eigenvalue weighted by molar-refractivity contribution is 5.91. The number of aromatic amines is 2. The van der Waals surface area contributed by atoms with Crippen molar-refractivity contribution < 1.29 is 4.79 Å². The quantitative estimate of drug-likeness (QED) is 0.392. The Morgan fingerprint density at radius 1 is 1.08 bits per heavy atom. The first-order valence-corrected chi connectivity index (χ1v) is 7.74. The minimum absolute atomic E-state index is 0.146. The van der Waals surface area contributed by atoms with E-state index in [1.54, 1.807) is 6.21 Å². The van der Waals surface area contributed by atoms with Gasteiger partial charge in [0.1, 0.15) is 0 Å². The molecule has 2 aromatic carbocycles. The average molecular weight is 316 g/mol.